The monoisotopic (exact) mass is 297 g/mol. The fourth-order valence-corrected chi connectivity index (χ4v) is 1.74. The van der Waals surface area contributed by atoms with Crippen molar-refractivity contribution in [3.63, 3.8) is 0 Å². The molecule has 1 heterocycles. The van der Waals surface area contributed by atoms with Crippen LogP contribution in [0.1, 0.15) is 20.8 Å². The molecule has 0 fully saturated rings. The summed E-state index contributed by atoms with van der Waals surface area (Å²) in [5.41, 5.74) is 0. The quantitative estimate of drug-likeness (QED) is 0.535. The zero-order valence-electron chi connectivity index (χ0n) is 11.8. The highest BCUT2D eigenvalue weighted by Gasteiger charge is 2.40. The number of nitriles is 1. The maximum atomic E-state index is 11.2. The maximum absolute atomic E-state index is 11.2. The summed E-state index contributed by atoms with van der Waals surface area (Å²) >= 11 is 0. The largest absolute Gasteiger partial charge is 0.473 e. The van der Waals surface area contributed by atoms with Crippen molar-refractivity contribution in [3.05, 3.63) is 11.8 Å². The Bertz CT molecular complexity index is 505. The fourth-order valence-electron chi connectivity index (χ4n) is 1.74. The van der Waals surface area contributed by atoms with Crippen LogP contribution in [0, 0.1) is 11.3 Å². The molecular formula is C13H15NO7. The Hall–Kier alpha value is -2.56. The molecule has 8 heteroatoms. The Morgan fingerprint density at radius 3 is 2.29 bits per heavy atom. The minimum atomic E-state index is -1.01. The first-order valence-electron chi connectivity index (χ1n) is 6.10. The van der Waals surface area contributed by atoms with E-state index in [1.54, 1.807) is 6.07 Å². The van der Waals surface area contributed by atoms with Crippen LogP contribution in [-0.2, 0) is 33.3 Å². The Kier molecular flexibility index (Phi) is 5.72. The van der Waals surface area contributed by atoms with Crippen molar-refractivity contribution in [2.24, 2.45) is 0 Å². The molecule has 1 rings (SSSR count). The third-order valence-electron chi connectivity index (χ3n) is 2.45. The summed E-state index contributed by atoms with van der Waals surface area (Å²) in [6.45, 7) is 3.32. The summed E-state index contributed by atoms with van der Waals surface area (Å²) in [6, 6.07) is 1.77. The highest BCUT2D eigenvalue weighted by molar-refractivity contribution is 5.68. The van der Waals surface area contributed by atoms with Crippen molar-refractivity contribution < 1.29 is 33.3 Å². The number of nitrogens with zero attached hydrogens (tertiary/aromatic N) is 1. The minimum Gasteiger partial charge on any atom is -0.473 e. The Morgan fingerprint density at radius 2 is 1.81 bits per heavy atom. The predicted molar refractivity (Wildman–Crippen MR) is 66.3 cm³/mol. The predicted octanol–water partition coefficient (Wildman–Crippen LogP) is 0.219. The Morgan fingerprint density at radius 1 is 1.19 bits per heavy atom. The first-order chi connectivity index (χ1) is 9.83. The smallest absolute Gasteiger partial charge is 0.303 e. The molecule has 1 aliphatic rings. The van der Waals surface area contributed by atoms with E-state index in [-0.39, 0.29) is 12.4 Å². The molecule has 0 saturated heterocycles. The van der Waals surface area contributed by atoms with Gasteiger partial charge in [0.2, 0.25) is 0 Å². The lowest BCUT2D eigenvalue weighted by atomic mass is 10.0. The van der Waals surface area contributed by atoms with Crippen LogP contribution in [-0.4, -0.2) is 42.8 Å². The van der Waals surface area contributed by atoms with E-state index in [0.29, 0.717) is 0 Å². The molecule has 0 spiro atoms. The number of rotatable bonds is 4. The summed E-state index contributed by atoms with van der Waals surface area (Å²) < 4.78 is 20.1. The molecule has 8 nitrogen and oxygen atoms in total. The van der Waals surface area contributed by atoms with E-state index >= 15 is 0 Å². The van der Waals surface area contributed by atoms with Gasteiger partial charge in [0.25, 0.3) is 0 Å². The third kappa shape index (κ3) is 5.14. The Labute approximate surface area is 121 Å². The standard InChI is InChI=1S/C13H15NO7/c1-7(15)18-6-12-13(20-9(3)17)11(19-8(2)16)4-10(5-14)21-12/h4,11-13H,6H2,1-3H3. The first kappa shape index (κ1) is 16.5. The Balaban J connectivity index is 2.99. The van der Waals surface area contributed by atoms with E-state index in [0.717, 1.165) is 0 Å². The molecule has 0 bridgehead atoms. The molecule has 21 heavy (non-hydrogen) atoms. The van der Waals surface area contributed by atoms with Crippen LogP contribution in [0.3, 0.4) is 0 Å². The van der Waals surface area contributed by atoms with E-state index in [9.17, 15) is 14.4 Å². The van der Waals surface area contributed by atoms with Gasteiger partial charge in [0.05, 0.1) is 0 Å². The van der Waals surface area contributed by atoms with Crippen molar-refractivity contribution in [1.29, 1.82) is 5.26 Å². The molecule has 1 aliphatic heterocycles. The number of hydrogen-bond acceptors (Lipinski definition) is 8. The average molecular weight is 297 g/mol. The molecule has 3 unspecified atom stereocenters. The summed E-state index contributed by atoms with van der Waals surface area (Å²) in [6.07, 6.45) is -1.71. The molecule has 0 amide bonds. The van der Waals surface area contributed by atoms with E-state index in [1.165, 1.54) is 26.8 Å². The highest BCUT2D eigenvalue weighted by Crippen LogP contribution is 2.23. The van der Waals surface area contributed by atoms with Crippen molar-refractivity contribution in [1.82, 2.24) is 0 Å². The maximum Gasteiger partial charge on any atom is 0.303 e. The van der Waals surface area contributed by atoms with Crippen LogP contribution < -0.4 is 0 Å². The van der Waals surface area contributed by atoms with Gasteiger partial charge < -0.3 is 18.9 Å². The molecular weight excluding hydrogens is 282 g/mol. The number of ether oxygens (including phenoxy) is 4. The van der Waals surface area contributed by atoms with Crippen LogP contribution in [0.5, 0.6) is 0 Å². The van der Waals surface area contributed by atoms with E-state index < -0.39 is 36.2 Å². The van der Waals surface area contributed by atoms with Crippen LogP contribution >= 0.6 is 0 Å². The van der Waals surface area contributed by atoms with Crippen LogP contribution in [0.15, 0.2) is 11.8 Å². The van der Waals surface area contributed by atoms with Gasteiger partial charge >= 0.3 is 17.9 Å². The zero-order chi connectivity index (χ0) is 16.0. The number of carbonyl (C=O) groups excluding carboxylic acids is 3. The molecule has 0 saturated carbocycles. The average Bonchev–Trinajstić information content (AvgIpc) is 2.37. The fraction of sp³-hybridized carbons (Fsp3) is 0.538. The molecule has 114 valence electrons. The molecule has 0 aromatic rings. The van der Waals surface area contributed by atoms with Crippen molar-refractivity contribution in [3.8, 4) is 6.07 Å². The van der Waals surface area contributed by atoms with Crippen LogP contribution in [0.2, 0.25) is 0 Å². The van der Waals surface area contributed by atoms with Gasteiger partial charge in [0, 0.05) is 26.8 Å². The second-order valence-corrected chi connectivity index (χ2v) is 4.25. The van der Waals surface area contributed by atoms with E-state index in [1.807, 2.05) is 0 Å². The molecule has 0 aromatic carbocycles. The summed E-state index contributed by atoms with van der Waals surface area (Å²) in [4.78, 5) is 33.2. The van der Waals surface area contributed by atoms with Gasteiger partial charge in [-0.2, -0.15) is 5.26 Å². The van der Waals surface area contributed by atoms with Crippen LogP contribution in [0.25, 0.3) is 0 Å². The topological polar surface area (TPSA) is 112 Å². The minimum absolute atomic E-state index is 0.109. The lowest BCUT2D eigenvalue weighted by molar-refractivity contribution is -0.180. The second kappa shape index (κ2) is 7.28. The van der Waals surface area contributed by atoms with Gasteiger partial charge in [0.15, 0.2) is 24.1 Å². The van der Waals surface area contributed by atoms with Crippen molar-refractivity contribution in [2.75, 3.05) is 6.61 Å². The van der Waals surface area contributed by atoms with Gasteiger partial charge in [-0.05, 0) is 0 Å². The van der Waals surface area contributed by atoms with Gasteiger partial charge in [-0.25, -0.2) is 0 Å². The lowest BCUT2D eigenvalue weighted by Crippen LogP contribution is -2.48. The van der Waals surface area contributed by atoms with Gasteiger partial charge in [-0.3, -0.25) is 14.4 Å². The summed E-state index contributed by atoms with van der Waals surface area (Å²) in [7, 11) is 0. The number of hydrogen-bond donors (Lipinski definition) is 0. The third-order valence-corrected chi connectivity index (χ3v) is 2.45. The van der Waals surface area contributed by atoms with Gasteiger partial charge in [-0.1, -0.05) is 0 Å². The normalized spacial score (nSPS) is 23.9. The van der Waals surface area contributed by atoms with E-state index in [2.05, 4.69) is 0 Å². The van der Waals surface area contributed by atoms with Gasteiger partial charge in [0.1, 0.15) is 12.7 Å². The van der Waals surface area contributed by atoms with E-state index in [4.69, 9.17) is 24.2 Å². The second-order valence-electron chi connectivity index (χ2n) is 4.25. The summed E-state index contributed by atoms with van der Waals surface area (Å²) in [5.74, 6) is -1.90. The SMILES string of the molecule is CC(=O)OCC1OC(C#N)=CC(OC(C)=O)C1OC(C)=O. The molecule has 0 N–H and O–H groups in total. The lowest BCUT2D eigenvalue weighted by Gasteiger charge is -2.34. The number of esters is 3. The molecule has 0 aromatic heterocycles. The van der Waals surface area contributed by atoms with Gasteiger partial charge in [-0.15, -0.1) is 0 Å². The zero-order valence-corrected chi connectivity index (χ0v) is 11.8. The highest BCUT2D eigenvalue weighted by atomic mass is 16.6. The van der Waals surface area contributed by atoms with Crippen molar-refractivity contribution >= 4 is 17.9 Å². The molecule has 0 radical (unpaired) electrons. The van der Waals surface area contributed by atoms with Crippen LogP contribution in [0.4, 0.5) is 0 Å². The number of allylic oxidation sites excluding steroid dienone is 1. The molecule has 0 aliphatic carbocycles. The van der Waals surface area contributed by atoms with Crippen molar-refractivity contribution in [2.45, 2.75) is 39.1 Å². The number of carbonyl (C=O) groups is 3. The molecule has 3 atom stereocenters. The first-order valence-corrected chi connectivity index (χ1v) is 6.10. The summed E-state index contributed by atoms with van der Waals surface area (Å²) in [5, 5.41) is 8.91.